The second-order valence-corrected chi connectivity index (χ2v) is 6.13. The number of fused-ring (bicyclic) bond motifs is 1. The first kappa shape index (κ1) is 15.5. The lowest BCUT2D eigenvalue weighted by Gasteiger charge is -2.32. The topological polar surface area (TPSA) is 44.3 Å². The van der Waals surface area contributed by atoms with Gasteiger partial charge in [-0.05, 0) is 32.1 Å². The lowest BCUT2D eigenvalue weighted by molar-refractivity contribution is 0.154. The van der Waals surface area contributed by atoms with Gasteiger partial charge in [0.1, 0.15) is 0 Å². The van der Waals surface area contributed by atoms with Crippen LogP contribution in [0, 0.1) is 0 Å². The summed E-state index contributed by atoms with van der Waals surface area (Å²) in [5.41, 5.74) is 1.70. The number of likely N-dealkylation sites (N-methyl/N-ethyl adjacent to an activating group) is 1. The molecule has 1 aliphatic rings. The maximum atomic E-state index is 6.19. The van der Waals surface area contributed by atoms with Crippen molar-refractivity contribution in [3.8, 4) is 0 Å². The molecule has 22 heavy (non-hydrogen) atoms. The third-order valence-electron chi connectivity index (χ3n) is 4.07. The normalized spacial score (nSPS) is 17.0. The summed E-state index contributed by atoms with van der Waals surface area (Å²) < 4.78 is 0. The Kier molecular flexibility index (Phi) is 5.08. The molecule has 0 unspecified atom stereocenters. The number of hydrogen-bond acceptors (Lipinski definition) is 5. The highest BCUT2D eigenvalue weighted by Gasteiger charge is 2.13. The molecule has 0 spiro atoms. The molecule has 0 aliphatic carbocycles. The van der Waals surface area contributed by atoms with E-state index in [1.54, 1.807) is 0 Å². The predicted octanol–water partition coefficient (Wildman–Crippen LogP) is 2.33. The van der Waals surface area contributed by atoms with E-state index in [9.17, 15) is 0 Å². The molecule has 2 aromatic rings. The molecule has 118 valence electrons. The lowest BCUT2D eigenvalue weighted by Crippen LogP contribution is -2.44. The fourth-order valence-electron chi connectivity index (χ4n) is 2.67. The number of anilines is 1. The zero-order valence-corrected chi connectivity index (χ0v) is 13.7. The quantitative estimate of drug-likeness (QED) is 0.857. The second-order valence-electron chi connectivity index (χ2n) is 5.78. The largest absolute Gasteiger partial charge is 0.367 e. The Balaban J connectivity index is 1.50. The maximum Gasteiger partial charge on any atom is 0.172 e. The smallest absolute Gasteiger partial charge is 0.172 e. The molecular formula is C16H22ClN5. The van der Waals surface area contributed by atoms with E-state index in [1.165, 1.54) is 0 Å². The van der Waals surface area contributed by atoms with Crippen molar-refractivity contribution in [1.29, 1.82) is 0 Å². The zero-order valence-electron chi connectivity index (χ0n) is 12.9. The molecule has 5 nitrogen and oxygen atoms in total. The van der Waals surface area contributed by atoms with E-state index in [0.29, 0.717) is 11.0 Å². The number of halogens is 1. The minimum atomic E-state index is 0.443. The van der Waals surface area contributed by atoms with Crippen LogP contribution in [0.4, 0.5) is 5.82 Å². The number of benzene rings is 1. The van der Waals surface area contributed by atoms with E-state index in [0.717, 1.165) is 56.7 Å². The van der Waals surface area contributed by atoms with E-state index >= 15 is 0 Å². The third kappa shape index (κ3) is 3.85. The van der Waals surface area contributed by atoms with Crippen LogP contribution >= 0.6 is 11.6 Å². The van der Waals surface area contributed by atoms with Crippen LogP contribution in [0.1, 0.15) is 6.42 Å². The van der Waals surface area contributed by atoms with E-state index in [4.69, 9.17) is 11.6 Å². The third-order valence-corrected chi connectivity index (χ3v) is 4.33. The highest BCUT2D eigenvalue weighted by molar-refractivity contribution is 6.32. The van der Waals surface area contributed by atoms with Crippen LogP contribution < -0.4 is 5.32 Å². The maximum absolute atomic E-state index is 6.19. The summed E-state index contributed by atoms with van der Waals surface area (Å²) >= 11 is 6.19. The number of nitrogens with zero attached hydrogens (tertiary/aromatic N) is 4. The molecule has 6 heteroatoms. The summed E-state index contributed by atoms with van der Waals surface area (Å²) in [6.45, 7) is 6.61. The van der Waals surface area contributed by atoms with Gasteiger partial charge in [0.05, 0.1) is 11.0 Å². The summed E-state index contributed by atoms with van der Waals surface area (Å²) in [7, 11) is 2.18. The summed E-state index contributed by atoms with van der Waals surface area (Å²) in [6.07, 6.45) is 1.08. The number of rotatable bonds is 5. The van der Waals surface area contributed by atoms with Crippen molar-refractivity contribution in [3.63, 3.8) is 0 Å². The van der Waals surface area contributed by atoms with Gasteiger partial charge >= 0.3 is 0 Å². The Labute approximate surface area is 136 Å². The van der Waals surface area contributed by atoms with Crippen molar-refractivity contribution >= 4 is 28.5 Å². The molecule has 2 heterocycles. The monoisotopic (exact) mass is 319 g/mol. The van der Waals surface area contributed by atoms with E-state index in [1.807, 2.05) is 24.3 Å². The van der Waals surface area contributed by atoms with E-state index in [2.05, 4.69) is 32.1 Å². The van der Waals surface area contributed by atoms with E-state index < -0.39 is 0 Å². The van der Waals surface area contributed by atoms with Gasteiger partial charge in [0.25, 0.3) is 0 Å². The predicted molar refractivity (Wildman–Crippen MR) is 91.6 cm³/mol. The summed E-state index contributed by atoms with van der Waals surface area (Å²) in [4.78, 5) is 13.8. The van der Waals surface area contributed by atoms with E-state index in [-0.39, 0.29) is 0 Å². The SMILES string of the molecule is CN1CCN(CCCNc2nc3ccccc3nc2Cl)CC1. The van der Waals surface area contributed by atoms with Gasteiger partial charge in [0.2, 0.25) is 0 Å². The average molecular weight is 320 g/mol. The molecule has 0 saturated carbocycles. The molecule has 1 fully saturated rings. The van der Waals surface area contributed by atoms with Gasteiger partial charge in [-0.25, -0.2) is 9.97 Å². The molecular weight excluding hydrogens is 298 g/mol. The van der Waals surface area contributed by atoms with Crippen molar-refractivity contribution in [2.24, 2.45) is 0 Å². The molecule has 1 saturated heterocycles. The van der Waals surface area contributed by atoms with Crippen molar-refractivity contribution < 1.29 is 0 Å². The zero-order chi connectivity index (χ0) is 15.4. The minimum Gasteiger partial charge on any atom is -0.367 e. The average Bonchev–Trinajstić information content (AvgIpc) is 2.53. The van der Waals surface area contributed by atoms with Gasteiger partial charge in [0, 0.05) is 32.7 Å². The number of aromatic nitrogens is 2. The molecule has 3 rings (SSSR count). The van der Waals surface area contributed by atoms with Crippen molar-refractivity contribution in [3.05, 3.63) is 29.4 Å². The highest BCUT2D eigenvalue weighted by atomic mass is 35.5. The summed E-state index contributed by atoms with van der Waals surface area (Å²) in [5, 5.41) is 3.75. The van der Waals surface area contributed by atoms with Gasteiger partial charge in [0.15, 0.2) is 11.0 Å². The molecule has 1 N–H and O–H groups in total. The fraction of sp³-hybridized carbons (Fsp3) is 0.500. The first-order valence-corrected chi connectivity index (χ1v) is 8.17. The van der Waals surface area contributed by atoms with Crippen LogP contribution in [0.2, 0.25) is 5.15 Å². The Bertz CT molecular complexity index is 625. The Morgan fingerprint density at radius 3 is 2.50 bits per heavy atom. The first-order chi connectivity index (χ1) is 10.7. The van der Waals surface area contributed by atoms with Crippen LogP contribution in [0.25, 0.3) is 11.0 Å². The Morgan fingerprint density at radius 2 is 1.77 bits per heavy atom. The van der Waals surface area contributed by atoms with Crippen molar-refractivity contribution in [2.75, 3.05) is 51.6 Å². The molecule has 1 aliphatic heterocycles. The Hall–Kier alpha value is -1.43. The number of nitrogens with one attached hydrogen (secondary N) is 1. The molecule has 1 aromatic heterocycles. The standard InChI is InChI=1S/C16H22ClN5/c1-21-9-11-22(12-10-21)8-4-7-18-16-15(17)19-13-5-2-3-6-14(13)20-16/h2-3,5-6H,4,7-12H2,1H3,(H,18,20). The lowest BCUT2D eigenvalue weighted by atomic mass is 10.3. The summed E-state index contributed by atoms with van der Waals surface area (Å²) in [5.74, 6) is 0.679. The first-order valence-electron chi connectivity index (χ1n) is 7.79. The molecule has 0 amide bonds. The van der Waals surface area contributed by atoms with Gasteiger partial charge in [-0.2, -0.15) is 0 Å². The fourth-order valence-corrected chi connectivity index (χ4v) is 2.87. The number of para-hydroxylation sites is 2. The molecule has 1 aromatic carbocycles. The molecule has 0 radical (unpaired) electrons. The summed E-state index contributed by atoms with van der Waals surface area (Å²) in [6, 6.07) is 7.78. The van der Waals surface area contributed by atoms with Crippen LogP contribution in [0.15, 0.2) is 24.3 Å². The van der Waals surface area contributed by atoms with Gasteiger partial charge < -0.3 is 15.1 Å². The second kappa shape index (κ2) is 7.22. The highest BCUT2D eigenvalue weighted by Crippen LogP contribution is 2.20. The van der Waals surface area contributed by atoms with Gasteiger partial charge in [-0.15, -0.1) is 0 Å². The molecule has 0 bridgehead atoms. The Morgan fingerprint density at radius 1 is 1.09 bits per heavy atom. The van der Waals surface area contributed by atoms with Gasteiger partial charge in [-0.1, -0.05) is 23.7 Å². The minimum absolute atomic E-state index is 0.443. The van der Waals surface area contributed by atoms with Crippen LogP contribution in [0.5, 0.6) is 0 Å². The number of piperazine rings is 1. The van der Waals surface area contributed by atoms with Crippen LogP contribution in [-0.2, 0) is 0 Å². The van der Waals surface area contributed by atoms with Crippen molar-refractivity contribution in [2.45, 2.75) is 6.42 Å². The molecule has 0 atom stereocenters. The van der Waals surface area contributed by atoms with Crippen LogP contribution in [-0.4, -0.2) is 66.1 Å². The van der Waals surface area contributed by atoms with Crippen molar-refractivity contribution in [1.82, 2.24) is 19.8 Å². The number of hydrogen-bond donors (Lipinski definition) is 1. The van der Waals surface area contributed by atoms with Gasteiger partial charge in [-0.3, -0.25) is 0 Å². The van der Waals surface area contributed by atoms with Crippen LogP contribution in [0.3, 0.4) is 0 Å².